The molecule has 1 aromatic rings. The highest BCUT2D eigenvalue weighted by Gasteiger charge is 2.19. The van der Waals surface area contributed by atoms with Crippen molar-refractivity contribution in [3.05, 3.63) is 22.8 Å². The molecule has 0 aliphatic heterocycles. The monoisotopic (exact) mass is 284 g/mol. The molecule has 1 rings (SSSR count). The van der Waals surface area contributed by atoms with E-state index < -0.39 is 0 Å². The largest absolute Gasteiger partial charge is 0.330 e. The number of aryl methyl sites for hydroxylation is 1. The molecule has 1 aromatic heterocycles. The SMILES string of the molecule is Cc1cc(Cl)nc(N(CCN(C)C)C(=O)N(C)C)c1. The molecule has 0 aliphatic carbocycles. The lowest BCUT2D eigenvalue weighted by molar-refractivity contribution is 0.222. The van der Waals surface area contributed by atoms with E-state index in [-0.39, 0.29) is 6.03 Å². The quantitative estimate of drug-likeness (QED) is 0.795. The van der Waals surface area contributed by atoms with Crippen molar-refractivity contribution >= 4 is 23.4 Å². The van der Waals surface area contributed by atoms with E-state index in [1.165, 1.54) is 4.90 Å². The molecule has 0 aliphatic rings. The number of nitrogens with zero attached hydrogens (tertiary/aromatic N) is 4. The lowest BCUT2D eigenvalue weighted by atomic mass is 10.3. The van der Waals surface area contributed by atoms with Gasteiger partial charge in [-0.2, -0.15) is 0 Å². The van der Waals surface area contributed by atoms with E-state index in [1.54, 1.807) is 25.1 Å². The van der Waals surface area contributed by atoms with E-state index in [2.05, 4.69) is 4.98 Å². The minimum Gasteiger partial charge on any atom is -0.330 e. The van der Waals surface area contributed by atoms with Crippen molar-refractivity contribution in [3.8, 4) is 0 Å². The first-order chi connectivity index (χ1) is 8.81. The molecule has 106 valence electrons. The Kier molecular flexibility index (Phi) is 5.57. The minimum atomic E-state index is -0.101. The van der Waals surface area contributed by atoms with Crippen LogP contribution in [0.25, 0.3) is 0 Å². The van der Waals surface area contributed by atoms with Gasteiger partial charge in [-0.05, 0) is 38.7 Å². The summed E-state index contributed by atoms with van der Waals surface area (Å²) in [7, 11) is 7.38. The highest BCUT2D eigenvalue weighted by atomic mass is 35.5. The van der Waals surface area contributed by atoms with E-state index in [1.807, 2.05) is 32.0 Å². The molecular weight excluding hydrogens is 264 g/mol. The Labute approximate surface area is 119 Å². The van der Waals surface area contributed by atoms with Crippen LogP contribution in [0.5, 0.6) is 0 Å². The second-order valence-electron chi connectivity index (χ2n) is 4.96. The molecule has 0 spiro atoms. The number of urea groups is 1. The summed E-state index contributed by atoms with van der Waals surface area (Å²) >= 11 is 5.97. The van der Waals surface area contributed by atoms with Crippen LogP contribution in [0.4, 0.5) is 10.6 Å². The van der Waals surface area contributed by atoms with Crippen LogP contribution in [-0.2, 0) is 0 Å². The predicted molar refractivity (Wildman–Crippen MR) is 79.0 cm³/mol. The normalized spacial score (nSPS) is 10.7. The zero-order valence-corrected chi connectivity index (χ0v) is 12.9. The zero-order chi connectivity index (χ0) is 14.6. The van der Waals surface area contributed by atoms with Gasteiger partial charge in [-0.15, -0.1) is 0 Å². The molecule has 5 nitrogen and oxygen atoms in total. The Morgan fingerprint density at radius 2 is 1.84 bits per heavy atom. The Bertz CT molecular complexity index is 428. The highest BCUT2D eigenvalue weighted by Crippen LogP contribution is 2.18. The summed E-state index contributed by atoms with van der Waals surface area (Å²) in [5, 5.41) is 0.399. The number of hydrogen-bond donors (Lipinski definition) is 0. The van der Waals surface area contributed by atoms with Crippen molar-refractivity contribution in [2.45, 2.75) is 6.92 Å². The average Bonchev–Trinajstić information content (AvgIpc) is 2.27. The number of carbonyl (C=O) groups excluding carboxylic acids is 1. The van der Waals surface area contributed by atoms with Crippen LogP contribution in [-0.4, -0.2) is 62.1 Å². The number of hydrogen-bond acceptors (Lipinski definition) is 3. The van der Waals surface area contributed by atoms with Crippen LogP contribution in [0.1, 0.15) is 5.56 Å². The predicted octanol–water partition coefficient (Wildman–Crippen LogP) is 2.09. The number of carbonyl (C=O) groups is 1. The van der Waals surface area contributed by atoms with Crippen molar-refractivity contribution in [1.29, 1.82) is 0 Å². The van der Waals surface area contributed by atoms with Gasteiger partial charge in [0, 0.05) is 27.2 Å². The van der Waals surface area contributed by atoms with Gasteiger partial charge in [0.05, 0.1) is 0 Å². The van der Waals surface area contributed by atoms with Gasteiger partial charge in [-0.1, -0.05) is 11.6 Å². The molecule has 0 atom stereocenters. The van der Waals surface area contributed by atoms with Gasteiger partial charge in [0.2, 0.25) is 0 Å². The number of pyridine rings is 1. The summed E-state index contributed by atoms with van der Waals surface area (Å²) in [4.78, 5) is 21.7. The van der Waals surface area contributed by atoms with Crippen LogP contribution >= 0.6 is 11.6 Å². The van der Waals surface area contributed by atoms with E-state index in [4.69, 9.17) is 11.6 Å². The third kappa shape index (κ3) is 4.69. The smallest absolute Gasteiger partial charge is 0.325 e. The molecule has 0 bridgehead atoms. The fraction of sp³-hybridized carbons (Fsp3) is 0.538. The summed E-state index contributed by atoms with van der Waals surface area (Å²) < 4.78 is 0. The lowest BCUT2D eigenvalue weighted by Crippen LogP contribution is -2.43. The van der Waals surface area contributed by atoms with Crippen molar-refractivity contribution in [2.24, 2.45) is 0 Å². The number of anilines is 1. The maximum absolute atomic E-state index is 12.2. The van der Waals surface area contributed by atoms with Crippen molar-refractivity contribution in [3.63, 3.8) is 0 Å². The van der Waals surface area contributed by atoms with Crippen LogP contribution < -0.4 is 4.90 Å². The van der Waals surface area contributed by atoms with Crippen molar-refractivity contribution < 1.29 is 4.79 Å². The maximum Gasteiger partial charge on any atom is 0.325 e. The molecule has 0 unspecified atom stereocenters. The second-order valence-corrected chi connectivity index (χ2v) is 5.34. The molecule has 1 heterocycles. The summed E-state index contributed by atoms with van der Waals surface area (Å²) in [5.74, 6) is 0.588. The molecule has 0 saturated carbocycles. The maximum atomic E-state index is 12.2. The third-order valence-electron chi connectivity index (χ3n) is 2.59. The summed E-state index contributed by atoms with van der Waals surface area (Å²) in [5.41, 5.74) is 0.983. The van der Waals surface area contributed by atoms with E-state index >= 15 is 0 Å². The summed E-state index contributed by atoms with van der Waals surface area (Å²) in [6.45, 7) is 3.25. The number of rotatable bonds is 4. The van der Waals surface area contributed by atoms with Gasteiger partial charge in [-0.25, -0.2) is 9.78 Å². The molecular formula is C13H21ClN4O. The second kappa shape index (κ2) is 6.73. The lowest BCUT2D eigenvalue weighted by Gasteiger charge is -2.26. The van der Waals surface area contributed by atoms with Crippen LogP contribution in [0.3, 0.4) is 0 Å². The summed E-state index contributed by atoms with van der Waals surface area (Å²) in [6, 6.07) is 3.54. The average molecular weight is 285 g/mol. The molecule has 0 radical (unpaired) electrons. The van der Waals surface area contributed by atoms with Gasteiger partial charge in [0.1, 0.15) is 11.0 Å². The van der Waals surface area contributed by atoms with Gasteiger partial charge in [-0.3, -0.25) is 4.90 Å². The number of halogens is 1. The first kappa shape index (κ1) is 15.7. The van der Waals surface area contributed by atoms with Crippen LogP contribution in [0.15, 0.2) is 12.1 Å². The molecule has 0 fully saturated rings. The standard InChI is InChI=1S/C13H21ClN4O/c1-10-8-11(14)15-12(9-10)18(7-6-16(2)3)13(19)17(4)5/h8-9H,6-7H2,1-5H3. The third-order valence-corrected chi connectivity index (χ3v) is 2.78. The molecule has 6 heteroatoms. The summed E-state index contributed by atoms with van der Waals surface area (Å²) in [6.07, 6.45) is 0. The molecule has 2 amide bonds. The number of likely N-dealkylation sites (N-methyl/N-ethyl adjacent to an activating group) is 1. The Balaban J connectivity index is 3.03. The minimum absolute atomic E-state index is 0.101. The van der Waals surface area contributed by atoms with E-state index in [0.717, 1.165) is 12.1 Å². The van der Waals surface area contributed by atoms with Gasteiger partial charge < -0.3 is 9.80 Å². The first-order valence-corrected chi connectivity index (χ1v) is 6.47. The highest BCUT2D eigenvalue weighted by molar-refractivity contribution is 6.29. The first-order valence-electron chi connectivity index (χ1n) is 6.09. The Morgan fingerprint density at radius 1 is 1.21 bits per heavy atom. The van der Waals surface area contributed by atoms with Gasteiger partial charge in [0.15, 0.2) is 0 Å². The fourth-order valence-corrected chi connectivity index (χ4v) is 1.85. The molecule has 19 heavy (non-hydrogen) atoms. The number of aromatic nitrogens is 1. The van der Waals surface area contributed by atoms with E-state index in [9.17, 15) is 4.79 Å². The number of amides is 2. The topological polar surface area (TPSA) is 39.7 Å². The van der Waals surface area contributed by atoms with E-state index in [0.29, 0.717) is 17.5 Å². The Morgan fingerprint density at radius 3 is 2.32 bits per heavy atom. The molecule has 0 aromatic carbocycles. The Hall–Kier alpha value is -1.33. The van der Waals surface area contributed by atoms with Crippen LogP contribution in [0.2, 0.25) is 5.15 Å². The van der Waals surface area contributed by atoms with Crippen molar-refractivity contribution in [2.75, 3.05) is 46.2 Å². The van der Waals surface area contributed by atoms with Crippen LogP contribution in [0, 0.1) is 6.92 Å². The molecule has 0 N–H and O–H groups in total. The molecule has 0 saturated heterocycles. The fourth-order valence-electron chi connectivity index (χ4n) is 1.60. The zero-order valence-electron chi connectivity index (χ0n) is 12.1. The van der Waals surface area contributed by atoms with Gasteiger partial charge in [0.25, 0.3) is 0 Å². The van der Waals surface area contributed by atoms with Crippen molar-refractivity contribution in [1.82, 2.24) is 14.8 Å². The van der Waals surface area contributed by atoms with Gasteiger partial charge >= 0.3 is 6.03 Å².